The molecule has 2 aromatic carbocycles. The van der Waals surface area contributed by atoms with Crippen molar-refractivity contribution in [2.75, 3.05) is 5.32 Å². The van der Waals surface area contributed by atoms with E-state index in [1.165, 1.54) is 12.1 Å². The molecule has 2 aromatic rings. The molecule has 0 saturated heterocycles. The maximum Gasteiger partial charge on any atom is 0.573 e. The Morgan fingerprint density at radius 2 is 1.86 bits per heavy atom. The number of benzene rings is 2. The third-order valence-corrected chi connectivity index (χ3v) is 3.45. The molecular weight excluding hydrogens is 347 g/mol. The topological polar surface area (TPSA) is 21.3 Å². The standard InChI is InChI=1S/C15H13BrF3NO/c1-10-6-7-13(12(16)8-10)20-9-11-4-2-3-5-14(11)21-15(17,18)19/h2-8,20H,9H2,1H3. The summed E-state index contributed by atoms with van der Waals surface area (Å²) >= 11 is 3.41. The largest absolute Gasteiger partial charge is 0.573 e. The Morgan fingerprint density at radius 3 is 2.52 bits per heavy atom. The highest BCUT2D eigenvalue weighted by atomic mass is 79.9. The van der Waals surface area contributed by atoms with Crippen molar-refractivity contribution in [2.24, 2.45) is 0 Å². The summed E-state index contributed by atoms with van der Waals surface area (Å²) < 4.78 is 41.9. The smallest absolute Gasteiger partial charge is 0.405 e. The van der Waals surface area contributed by atoms with Crippen molar-refractivity contribution >= 4 is 21.6 Å². The zero-order valence-electron chi connectivity index (χ0n) is 11.2. The van der Waals surface area contributed by atoms with Gasteiger partial charge in [-0.05, 0) is 46.6 Å². The van der Waals surface area contributed by atoms with E-state index in [0.29, 0.717) is 5.56 Å². The first-order valence-electron chi connectivity index (χ1n) is 6.19. The molecule has 0 aliphatic heterocycles. The van der Waals surface area contributed by atoms with Crippen LogP contribution in [0.3, 0.4) is 0 Å². The fourth-order valence-corrected chi connectivity index (χ4v) is 2.46. The van der Waals surface area contributed by atoms with Gasteiger partial charge in [0.2, 0.25) is 0 Å². The molecule has 0 heterocycles. The Kier molecular flexibility index (Phi) is 4.77. The summed E-state index contributed by atoms with van der Waals surface area (Å²) in [6.07, 6.45) is -4.69. The molecule has 0 aliphatic carbocycles. The highest BCUT2D eigenvalue weighted by Gasteiger charge is 2.31. The van der Waals surface area contributed by atoms with Crippen molar-refractivity contribution in [1.82, 2.24) is 0 Å². The summed E-state index contributed by atoms with van der Waals surface area (Å²) in [5.74, 6) is -0.194. The average molecular weight is 360 g/mol. The Balaban J connectivity index is 2.13. The molecule has 1 N–H and O–H groups in total. The minimum Gasteiger partial charge on any atom is -0.405 e. The van der Waals surface area contributed by atoms with Crippen LogP contribution in [0.2, 0.25) is 0 Å². The van der Waals surface area contributed by atoms with Crippen LogP contribution in [-0.2, 0) is 6.54 Å². The second kappa shape index (κ2) is 6.39. The summed E-state index contributed by atoms with van der Waals surface area (Å²) in [5.41, 5.74) is 2.33. The maximum absolute atomic E-state index is 12.3. The van der Waals surface area contributed by atoms with Crippen molar-refractivity contribution in [3.63, 3.8) is 0 Å². The Morgan fingerprint density at radius 1 is 1.14 bits per heavy atom. The monoisotopic (exact) mass is 359 g/mol. The molecule has 0 amide bonds. The fourth-order valence-electron chi connectivity index (χ4n) is 1.83. The van der Waals surface area contributed by atoms with Crippen LogP contribution in [0.1, 0.15) is 11.1 Å². The summed E-state index contributed by atoms with van der Waals surface area (Å²) in [5, 5.41) is 3.09. The molecule has 112 valence electrons. The third kappa shape index (κ3) is 4.67. The van der Waals surface area contributed by atoms with Crippen LogP contribution >= 0.6 is 15.9 Å². The number of rotatable bonds is 4. The lowest BCUT2D eigenvalue weighted by Crippen LogP contribution is -2.18. The van der Waals surface area contributed by atoms with E-state index in [2.05, 4.69) is 26.0 Å². The molecule has 0 saturated carbocycles. The normalized spacial score (nSPS) is 11.3. The van der Waals surface area contributed by atoms with E-state index >= 15 is 0 Å². The van der Waals surface area contributed by atoms with E-state index < -0.39 is 6.36 Å². The summed E-state index contributed by atoms with van der Waals surface area (Å²) in [6.45, 7) is 2.19. The van der Waals surface area contributed by atoms with Crippen molar-refractivity contribution < 1.29 is 17.9 Å². The quantitative estimate of drug-likeness (QED) is 0.802. The SMILES string of the molecule is Cc1ccc(NCc2ccccc2OC(F)(F)F)c(Br)c1. The van der Waals surface area contributed by atoms with Gasteiger partial charge in [-0.3, -0.25) is 0 Å². The van der Waals surface area contributed by atoms with Crippen LogP contribution in [0.15, 0.2) is 46.9 Å². The van der Waals surface area contributed by atoms with Crippen LogP contribution in [0, 0.1) is 6.92 Å². The Hall–Kier alpha value is -1.69. The van der Waals surface area contributed by atoms with E-state index in [9.17, 15) is 13.2 Å². The molecule has 0 aliphatic rings. The molecule has 0 spiro atoms. The van der Waals surface area contributed by atoms with Crippen LogP contribution in [-0.4, -0.2) is 6.36 Å². The van der Waals surface area contributed by atoms with E-state index in [1.807, 2.05) is 25.1 Å². The van der Waals surface area contributed by atoms with Gasteiger partial charge in [0, 0.05) is 22.3 Å². The van der Waals surface area contributed by atoms with Crippen LogP contribution in [0.4, 0.5) is 18.9 Å². The summed E-state index contributed by atoms with van der Waals surface area (Å²) in [4.78, 5) is 0. The van der Waals surface area contributed by atoms with Gasteiger partial charge in [0.25, 0.3) is 0 Å². The highest BCUT2D eigenvalue weighted by Crippen LogP contribution is 2.28. The van der Waals surface area contributed by atoms with E-state index in [0.717, 1.165) is 15.7 Å². The number of hydrogen-bond acceptors (Lipinski definition) is 2. The molecular formula is C15H13BrF3NO. The van der Waals surface area contributed by atoms with Crippen LogP contribution < -0.4 is 10.1 Å². The number of alkyl halides is 3. The van der Waals surface area contributed by atoms with Gasteiger partial charge in [-0.25, -0.2) is 0 Å². The first kappa shape index (κ1) is 15.7. The van der Waals surface area contributed by atoms with Gasteiger partial charge in [0.05, 0.1) is 0 Å². The second-order valence-corrected chi connectivity index (χ2v) is 5.35. The van der Waals surface area contributed by atoms with E-state index in [4.69, 9.17) is 0 Å². The predicted octanol–water partition coefficient (Wildman–Crippen LogP) is 5.27. The lowest BCUT2D eigenvalue weighted by atomic mass is 10.2. The number of nitrogens with one attached hydrogen (secondary N) is 1. The van der Waals surface area contributed by atoms with E-state index in [1.54, 1.807) is 12.1 Å². The molecule has 0 bridgehead atoms. The number of hydrogen-bond donors (Lipinski definition) is 1. The van der Waals surface area contributed by atoms with Crippen molar-refractivity contribution in [3.8, 4) is 5.75 Å². The van der Waals surface area contributed by atoms with Gasteiger partial charge in [-0.2, -0.15) is 0 Å². The maximum atomic E-state index is 12.3. The van der Waals surface area contributed by atoms with Crippen LogP contribution in [0.5, 0.6) is 5.75 Å². The molecule has 2 nitrogen and oxygen atoms in total. The molecule has 0 radical (unpaired) electrons. The third-order valence-electron chi connectivity index (χ3n) is 2.79. The lowest BCUT2D eigenvalue weighted by Gasteiger charge is -2.14. The number of anilines is 1. The molecule has 6 heteroatoms. The van der Waals surface area contributed by atoms with E-state index in [-0.39, 0.29) is 12.3 Å². The number of ether oxygens (including phenoxy) is 1. The van der Waals surface area contributed by atoms with Gasteiger partial charge in [0.1, 0.15) is 5.75 Å². The minimum atomic E-state index is -4.69. The van der Waals surface area contributed by atoms with Crippen molar-refractivity contribution in [1.29, 1.82) is 0 Å². The van der Waals surface area contributed by atoms with Crippen molar-refractivity contribution in [2.45, 2.75) is 19.8 Å². The highest BCUT2D eigenvalue weighted by molar-refractivity contribution is 9.10. The number of para-hydroxylation sites is 1. The zero-order valence-corrected chi connectivity index (χ0v) is 12.8. The minimum absolute atomic E-state index is 0.194. The molecule has 0 unspecified atom stereocenters. The summed E-state index contributed by atoms with van der Waals surface area (Å²) in [7, 11) is 0. The first-order chi connectivity index (χ1) is 9.85. The zero-order chi connectivity index (χ0) is 15.5. The summed E-state index contributed by atoms with van der Waals surface area (Å²) in [6, 6.07) is 11.8. The molecule has 21 heavy (non-hydrogen) atoms. The molecule has 0 aromatic heterocycles. The predicted molar refractivity (Wildman–Crippen MR) is 79.3 cm³/mol. The average Bonchev–Trinajstić information content (AvgIpc) is 2.37. The Bertz CT molecular complexity index is 629. The van der Waals surface area contributed by atoms with Crippen molar-refractivity contribution in [3.05, 3.63) is 58.1 Å². The van der Waals surface area contributed by atoms with Crippen LogP contribution in [0.25, 0.3) is 0 Å². The second-order valence-electron chi connectivity index (χ2n) is 4.49. The van der Waals surface area contributed by atoms with Gasteiger partial charge >= 0.3 is 6.36 Å². The van der Waals surface area contributed by atoms with Gasteiger partial charge < -0.3 is 10.1 Å². The Labute approximate surface area is 129 Å². The fraction of sp³-hybridized carbons (Fsp3) is 0.200. The van der Waals surface area contributed by atoms with Gasteiger partial charge in [-0.1, -0.05) is 24.3 Å². The molecule has 0 fully saturated rings. The van der Waals surface area contributed by atoms with Gasteiger partial charge in [-0.15, -0.1) is 13.2 Å². The van der Waals surface area contributed by atoms with Gasteiger partial charge in [0.15, 0.2) is 0 Å². The lowest BCUT2D eigenvalue weighted by molar-refractivity contribution is -0.274. The molecule has 2 rings (SSSR count). The first-order valence-corrected chi connectivity index (χ1v) is 6.98. The number of halogens is 4. The number of aryl methyl sites for hydroxylation is 1. The molecule has 0 atom stereocenters.